The predicted octanol–water partition coefficient (Wildman–Crippen LogP) is 5.53. The Bertz CT molecular complexity index is 171. The van der Waals surface area contributed by atoms with Crippen LogP contribution in [0.3, 0.4) is 0 Å². The average molecular weight is 357 g/mol. The number of hydrogen-bond acceptors (Lipinski definition) is 4. The minimum Gasteiger partial charge on any atom is -0.390 e. The lowest BCUT2D eigenvalue weighted by molar-refractivity contribution is 0.0356. The predicted molar refractivity (Wildman–Crippen MR) is 111 cm³/mol. The van der Waals surface area contributed by atoms with Crippen LogP contribution in [0.1, 0.15) is 70.2 Å². The van der Waals surface area contributed by atoms with Gasteiger partial charge in [-0.05, 0) is 24.2 Å². The van der Waals surface area contributed by atoms with Crippen molar-refractivity contribution in [2.24, 2.45) is 17.8 Å². The first kappa shape index (κ1) is 39.1. The second-order valence-electron chi connectivity index (χ2n) is 6.29. The third-order valence-electron chi connectivity index (χ3n) is 2.51. The van der Waals surface area contributed by atoms with Gasteiger partial charge in [0, 0.05) is 34.5 Å². The van der Waals surface area contributed by atoms with E-state index in [9.17, 15) is 0 Å². The van der Waals surface area contributed by atoms with Crippen molar-refractivity contribution in [2.45, 2.75) is 76.3 Å². The summed E-state index contributed by atoms with van der Waals surface area (Å²) in [7, 11) is 5.05. The molecule has 156 valence electrons. The fourth-order valence-corrected chi connectivity index (χ4v) is 1.05. The highest BCUT2D eigenvalue weighted by Crippen LogP contribution is 1.99. The zero-order valence-corrected chi connectivity index (χ0v) is 15.8. The molecule has 1 unspecified atom stereocenters. The molecule has 0 aliphatic carbocycles. The molecule has 0 radical (unpaired) electrons. The quantitative estimate of drug-likeness (QED) is 0.621. The lowest BCUT2D eigenvalue weighted by Crippen LogP contribution is -2.20. The van der Waals surface area contributed by atoms with Gasteiger partial charge in [-0.2, -0.15) is 0 Å². The highest BCUT2D eigenvalue weighted by atomic mass is 16.5. The Hall–Kier alpha value is -0.160. The standard InChI is InChI=1S/C6H14O2.C6H14O.C5H12O.3CH4/c1-5(2)6(7)4-8-3;1-6(2)4-5-7-3;1-5(2)4-6-3;;;/h5-7H,4H2,1-3H3;6H,4-5H2,1-3H3;5H,4H2,1-3H3;3*1H4. The van der Waals surface area contributed by atoms with Gasteiger partial charge in [-0.25, -0.2) is 0 Å². The zero-order valence-electron chi connectivity index (χ0n) is 15.8. The SMILES string of the molecule is C.C.C.COCC(C)C.COCC(O)C(C)C.COCCC(C)C. The van der Waals surface area contributed by atoms with Crippen molar-refractivity contribution in [3.05, 3.63) is 0 Å². The smallest absolute Gasteiger partial charge is 0.0796 e. The molecule has 24 heavy (non-hydrogen) atoms. The molecule has 1 atom stereocenters. The Labute approximate surface area is 155 Å². The van der Waals surface area contributed by atoms with E-state index in [1.165, 1.54) is 6.42 Å². The summed E-state index contributed by atoms with van der Waals surface area (Å²) in [5.41, 5.74) is 0. The van der Waals surface area contributed by atoms with Crippen LogP contribution in [0.15, 0.2) is 0 Å². The molecule has 0 aliphatic heterocycles. The highest BCUT2D eigenvalue weighted by molar-refractivity contribution is 4.56. The molecule has 0 saturated heterocycles. The summed E-state index contributed by atoms with van der Waals surface area (Å²) in [5, 5.41) is 9.00. The maximum atomic E-state index is 9.00. The summed E-state index contributed by atoms with van der Waals surface area (Å²) < 4.78 is 14.4. The Morgan fingerprint density at radius 3 is 1.17 bits per heavy atom. The summed E-state index contributed by atoms with van der Waals surface area (Å²) in [6.45, 7) is 14.8. The van der Waals surface area contributed by atoms with Crippen molar-refractivity contribution < 1.29 is 19.3 Å². The van der Waals surface area contributed by atoms with Gasteiger partial charge in [0.2, 0.25) is 0 Å². The Morgan fingerprint density at radius 2 is 1.08 bits per heavy atom. The van der Waals surface area contributed by atoms with Gasteiger partial charge in [-0.1, -0.05) is 63.8 Å². The molecule has 0 spiro atoms. The van der Waals surface area contributed by atoms with Crippen molar-refractivity contribution in [1.82, 2.24) is 0 Å². The lowest BCUT2D eigenvalue weighted by atomic mass is 10.1. The number of methoxy groups -OCH3 is 3. The minimum absolute atomic E-state index is 0. The average Bonchev–Trinajstić information content (AvgIpc) is 2.37. The van der Waals surface area contributed by atoms with Crippen molar-refractivity contribution in [3.63, 3.8) is 0 Å². The summed E-state index contributed by atoms with van der Waals surface area (Å²) >= 11 is 0. The van der Waals surface area contributed by atoms with Crippen molar-refractivity contribution in [1.29, 1.82) is 0 Å². The van der Waals surface area contributed by atoms with E-state index in [1.54, 1.807) is 21.3 Å². The number of aliphatic hydroxyl groups is 1. The molecule has 0 aromatic rings. The number of hydrogen-bond donors (Lipinski definition) is 1. The van der Waals surface area contributed by atoms with Crippen LogP contribution in [-0.4, -0.2) is 52.4 Å². The first-order valence-corrected chi connectivity index (χ1v) is 7.87. The molecule has 0 aromatic carbocycles. The maximum absolute atomic E-state index is 9.00. The highest BCUT2D eigenvalue weighted by Gasteiger charge is 2.06. The van der Waals surface area contributed by atoms with E-state index in [-0.39, 0.29) is 28.4 Å². The van der Waals surface area contributed by atoms with E-state index in [2.05, 4.69) is 27.7 Å². The summed E-state index contributed by atoms with van der Waals surface area (Å²) in [5.74, 6) is 1.75. The number of rotatable bonds is 8. The van der Waals surface area contributed by atoms with Gasteiger partial charge >= 0.3 is 0 Å². The van der Waals surface area contributed by atoms with Gasteiger partial charge < -0.3 is 19.3 Å². The van der Waals surface area contributed by atoms with E-state index in [4.69, 9.17) is 19.3 Å². The Kier molecular flexibility index (Phi) is 50.0. The monoisotopic (exact) mass is 356 g/mol. The topological polar surface area (TPSA) is 47.9 Å². The van der Waals surface area contributed by atoms with Crippen LogP contribution in [0.4, 0.5) is 0 Å². The normalized spacial score (nSPS) is 10.4. The van der Waals surface area contributed by atoms with Crippen LogP contribution >= 0.6 is 0 Å². The molecule has 0 saturated carbocycles. The Morgan fingerprint density at radius 1 is 0.667 bits per heavy atom. The van der Waals surface area contributed by atoms with E-state index >= 15 is 0 Å². The van der Waals surface area contributed by atoms with E-state index in [1.807, 2.05) is 13.8 Å². The molecule has 0 heterocycles. The first-order chi connectivity index (χ1) is 9.72. The molecule has 4 nitrogen and oxygen atoms in total. The Balaban J connectivity index is -0.0000000481. The summed E-state index contributed by atoms with van der Waals surface area (Å²) in [6, 6.07) is 0. The second-order valence-corrected chi connectivity index (χ2v) is 6.29. The molecule has 0 amide bonds. The third-order valence-corrected chi connectivity index (χ3v) is 2.51. The molecule has 0 rings (SSSR count). The molecule has 0 aromatic heterocycles. The fourth-order valence-electron chi connectivity index (χ4n) is 1.05. The van der Waals surface area contributed by atoms with Crippen molar-refractivity contribution in [2.75, 3.05) is 41.2 Å². The van der Waals surface area contributed by atoms with Gasteiger partial charge in [0.05, 0.1) is 12.7 Å². The van der Waals surface area contributed by atoms with Gasteiger partial charge in [0.1, 0.15) is 0 Å². The van der Waals surface area contributed by atoms with Crippen LogP contribution in [0, 0.1) is 17.8 Å². The van der Waals surface area contributed by atoms with Crippen LogP contribution in [0.2, 0.25) is 0 Å². The summed E-state index contributed by atoms with van der Waals surface area (Å²) in [4.78, 5) is 0. The second kappa shape index (κ2) is 30.7. The van der Waals surface area contributed by atoms with E-state index < -0.39 is 0 Å². The zero-order chi connectivity index (χ0) is 17.3. The number of aliphatic hydroxyl groups excluding tert-OH is 1. The van der Waals surface area contributed by atoms with Crippen LogP contribution in [-0.2, 0) is 14.2 Å². The number of ether oxygens (including phenoxy) is 3. The largest absolute Gasteiger partial charge is 0.390 e. The van der Waals surface area contributed by atoms with Gasteiger partial charge in [-0.15, -0.1) is 0 Å². The van der Waals surface area contributed by atoms with Crippen LogP contribution in [0.5, 0.6) is 0 Å². The summed E-state index contributed by atoms with van der Waals surface area (Å²) in [6.07, 6.45) is 0.872. The molecular weight excluding hydrogens is 304 g/mol. The fraction of sp³-hybridized carbons (Fsp3) is 1.00. The molecule has 0 aliphatic rings. The van der Waals surface area contributed by atoms with E-state index in [0.29, 0.717) is 18.4 Å². The van der Waals surface area contributed by atoms with Crippen LogP contribution in [0.25, 0.3) is 0 Å². The first-order valence-electron chi connectivity index (χ1n) is 7.87. The molecule has 0 fully saturated rings. The van der Waals surface area contributed by atoms with E-state index in [0.717, 1.165) is 19.1 Å². The minimum atomic E-state index is -0.306. The van der Waals surface area contributed by atoms with Crippen molar-refractivity contribution >= 4 is 0 Å². The maximum Gasteiger partial charge on any atom is 0.0796 e. The molecule has 4 heteroatoms. The van der Waals surface area contributed by atoms with Crippen LogP contribution < -0.4 is 0 Å². The van der Waals surface area contributed by atoms with Gasteiger partial charge in [0.15, 0.2) is 0 Å². The third kappa shape index (κ3) is 49.5. The van der Waals surface area contributed by atoms with Crippen molar-refractivity contribution in [3.8, 4) is 0 Å². The lowest BCUT2D eigenvalue weighted by Gasteiger charge is -2.11. The van der Waals surface area contributed by atoms with Gasteiger partial charge in [0.25, 0.3) is 0 Å². The van der Waals surface area contributed by atoms with Gasteiger partial charge in [-0.3, -0.25) is 0 Å². The molecule has 0 bridgehead atoms. The molecule has 1 N–H and O–H groups in total. The molecular formula is C20H52O4.